The van der Waals surface area contributed by atoms with E-state index < -0.39 is 0 Å². The van der Waals surface area contributed by atoms with Crippen molar-refractivity contribution in [3.63, 3.8) is 0 Å². The summed E-state index contributed by atoms with van der Waals surface area (Å²) in [5, 5.41) is 10.3. The van der Waals surface area contributed by atoms with Gasteiger partial charge in [0, 0.05) is 6.42 Å². The minimum absolute atomic E-state index is 0.0450. The molecule has 1 saturated heterocycles. The van der Waals surface area contributed by atoms with Crippen LogP contribution in [0.3, 0.4) is 0 Å². The lowest BCUT2D eigenvalue weighted by Gasteiger charge is -2.23. The molecule has 1 heterocycles. The van der Waals surface area contributed by atoms with E-state index in [4.69, 9.17) is 42.6 Å². The molecule has 4 rings (SSSR count). The summed E-state index contributed by atoms with van der Waals surface area (Å²) in [6, 6.07) is 11.3. The Kier molecular flexibility index (Phi) is 10.5. The monoisotopic (exact) mass is 612 g/mol. The Labute approximate surface area is 259 Å². The molecule has 240 valence electrons. The maximum atomic E-state index is 10.3. The molecular formula is C34H44O10. The van der Waals surface area contributed by atoms with Crippen LogP contribution in [0.5, 0.6) is 51.7 Å². The topological polar surface area (TPSA) is 103 Å². The Hall–Kier alpha value is -4.18. The van der Waals surface area contributed by atoms with E-state index in [1.807, 2.05) is 31.2 Å². The third-order valence-electron chi connectivity index (χ3n) is 8.29. The zero-order valence-electron chi connectivity index (χ0n) is 27.2. The first-order valence-electron chi connectivity index (χ1n) is 14.5. The molecule has 5 atom stereocenters. The van der Waals surface area contributed by atoms with Gasteiger partial charge in [0.1, 0.15) is 6.10 Å². The molecule has 0 radical (unpaired) electrons. The quantitative estimate of drug-likeness (QED) is 0.229. The van der Waals surface area contributed by atoms with E-state index in [9.17, 15) is 5.11 Å². The average Bonchev–Trinajstić information content (AvgIpc) is 3.34. The van der Waals surface area contributed by atoms with Gasteiger partial charge in [0.2, 0.25) is 17.2 Å². The fourth-order valence-electron chi connectivity index (χ4n) is 5.81. The molecule has 0 bridgehead atoms. The number of hydrogen-bond donors (Lipinski definition) is 1. The highest BCUT2D eigenvalue weighted by atomic mass is 16.5. The van der Waals surface area contributed by atoms with Gasteiger partial charge in [-0.05, 0) is 71.8 Å². The van der Waals surface area contributed by atoms with Crippen LogP contribution < -0.4 is 37.9 Å². The van der Waals surface area contributed by atoms with Gasteiger partial charge in [0.15, 0.2) is 34.5 Å². The van der Waals surface area contributed by atoms with Gasteiger partial charge in [-0.3, -0.25) is 0 Å². The third kappa shape index (κ3) is 6.36. The molecule has 1 fully saturated rings. The minimum atomic E-state index is -0.284. The van der Waals surface area contributed by atoms with Gasteiger partial charge in [0.05, 0.1) is 62.0 Å². The van der Waals surface area contributed by atoms with E-state index in [1.54, 1.807) is 47.7 Å². The number of benzene rings is 3. The lowest BCUT2D eigenvalue weighted by molar-refractivity contribution is 0.0285. The summed E-state index contributed by atoms with van der Waals surface area (Å²) in [4.78, 5) is 0. The summed E-state index contributed by atoms with van der Waals surface area (Å²) in [5.74, 6) is 4.21. The van der Waals surface area contributed by atoms with Crippen molar-refractivity contribution in [1.29, 1.82) is 0 Å². The van der Waals surface area contributed by atoms with Crippen molar-refractivity contribution in [3.8, 4) is 51.7 Å². The van der Waals surface area contributed by atoms with E-state index in [1.165, 1.54) is 14.2 Å². The van der Waals surface area contributed by atoms with Crippen LogP contribution in [-0.2, 0) is 11.2 Å². The number of phenolic OH excluding ortho intramolecular Hbond substituents is 1. The third-order valence-corrected chi connectivity index (χ3v) is 8.29. The highest BCUT2D eigenvalue weighted by molar-refractivity contribution is 5.56. The second-order valence-corrected chi connectivity index (χ2v) is 10.9. The van der Waals surface area contributed by atoms with Crippen molar-refractivity contribution in [2.75, 3.05) is 49.8 Å². The van der Waals surface area contributed by atoms with Crippen LogP contribution in [0, 0.1) is 11.8 Å². The smallest absolute Gasteiger partial charge is 0.203 e. The standard InChI is InChI=1S/C34H44O10/c1-18(11-21-12-24(36-4)30(35)25(13-21)37-5)43-34-28(40-8)16-23(17-29(34)41-9)32-20(3)19(2)31(44-32)22-14-26(38-6)33(42-10)27(15-22)39-7/h12-20,31-32,35H,11H2,1-10H3/t18?,19-,20-,31+,32-/m1/s1. The largest absolute Gasteiger partial charge is 0.502 e. The van der Waals surface area contributed by atoms with Gasteiger partial charge in [-0.2, -0.15) is 0 Å². The highest BCUT2D eigenvalue weighted by Crippen LogP contribution is 2.53. The maximum Gasteiger partial charge on any atom is 0.203 e. The summed E-state index contributed by atoms with van der Waals surface area (Å²) in [6.45, 7) is 6.31. The van der Waals surface area contributed by atoms with Crippen molar-refractivity contribution in [2.45, 2.75) is 45.5 Å². The summed E-state index contributed by atoms with van der Waals surface area (Å²) in [5.41, 5.74) is 2.73. The molecule has 1 aliphatic heterocycles. The number of methoxy groups -OCH3 is 7. The van der Waals surface area contributed by atoms with E-state index in [0.29, 0.717) is 52.4 Å². The van der Waals surface area contributed by atoms with Crippen LogP contribution in [0.15, 0.2) is 36.4 Å². The average molecular weight is 613 g/mol. The van der Waals surface area contributed by atoms with Crippen LogP contribution in [0.1, 0.15) is 49.7 Å². The number of aromatic hydroxyl groups is 1. The van der Waals surface area contributed by atoms with Crippen LogP contribution in [0.4, 0.5) is 0 Å². The number of ether oxygens (including phenoxy) is 9. The lowest BCUT2D eigenvalue weighted by atomic mass is 9.85. The molecule has 3 aromatic rings. The maximum absolute atomic E-state index is 10.3. The lowest BCUT2D eigenvalue weighted by Crippen LogP contribution is -2.17. The molecule has 0 amide bonds. The van der Waals surface area contributed by atoms with E-state index in [0.717, 1.165) is 16.7 Å². The highest BCUT2D eigenvalue weighted by Gasteiger charge is 2.42. The molecule has 0 spiro atoms. The van der Waals surface area contributed by atoms with Crippen molar-refractivity contribution in [2.24, 2.45) is 11.8 Å². The second kappa shape index (κ2) is 14.1. The summed E-state index contributed by atoms with van der Waals surface area (Å²) < 4.78 is 52.1. The predicted molar refractivity (Wildman–Crippen MR) is 166 cm³/mol. The fourth-order valence-corrected chi connectivity index (χ4v) is 5.81. The number of hydrogen-bond acceptors (Lipinski definition) is 10. The fraction of sp³-hybridized carbons (Fsp3) is 0.471. The van der Waals surface area contributed by atoms with Gasteiger partial charge in [-0.1, -0.05) is 13.8 Å². The Morgan fingerprint density at radius 2 is 0.977 bits per heavy atom. The molecule has 0 aromatic heterocycles. The van der Waals surface area contributed by atoms with E-state index >= 15 is 0 Å². The van der Waals surface area contributed by atoms with E-state index in [2.05, 4.69) is 13.8 Å². The molecule has 10 nitrogen and oxygen atoms in total. The first kappa shape index (κ1) is 32.7. The Morgan fingerprint density at radius 1 is 0.591 bits per heavy atom. The van der Waals surface area contributed by atoms with Gasteiger partial charge in [0.25, 0.3) is 0 Å². The Bertz CT molecular complexity index is 1360. The Morgan fingerprint density at radius 3 is 1.34 bits per heavy atom. The van der Waals surface area contributed by atoms with Crippen LogP contribution >= 0.6 is 0 Å². The minimum Gasteiger partial charge on any atom is -0.502 e. The molecule has 44 heavy (non-hydrogen) atoms. The number of phenols is 1. The SMILES string of the molecule is COc1cc(CC(C)Oc2c(OC)cc([C@@H]3O[C@H](c4cc(OC)c(OC)c(OC)c4)[C@H](C)[C@H]3C)cc2OC)cc(OC)c1O. The number of rotatable bonds is 13. The van der Waals surface area contributed by atoms with Crippen LogP contribution in [-0.4, -0.2) is 61.0 Å². The van der Waals surface area contributed by atoms with Gasteiger partial charge in [-0.25, -0.2) is 0 Å². The molecule has 10 heteroatoms. The van der Waals surface area contributed by atoms with Gasteiger partial charge < -0.3 is 47.7 Å². The molecular weight excluding hydrogens is 568 g/mol. The summed E-state index contributed by atoms with van der Waals surface area (Å²) >= 11 is 0. The van der Waals surface area contributed by atoms with Crippen LogP contribution in [0.25, 0.3) is 0 Å². The van der Waals surface area contributed by atoms with Gasteiger partial charge in [-0.15, -0.1) is 0 Å². The van der Waals surface area contributed by atoms with Crippen molar-refractivity contribution in [1.82, 2.24) is 0 Å². The van der Waals surface area contributed by atoms with Crippen molar-refractivity contribution >= 4 is 0 Å². The molecule has 3 aromatic carbocycles. The molecule has 1 unspecified atom stereocenters. The molecule has 0 aliphatic carbocycles. The molecule has 1 N–H and O–H groups in total. The summed E-state index contributed by atoms with van der Waals surface area (Å²) in [6.07, 6.45) is -0.220. The van der Waals surface area contributed by atoms with Gasteiger partial charge >= 0.3 is 0 Å². The second-order valence-electron chi connectivity index (χ2n) is 10.9. The van der Waals surface area contributed by atoms with Crippen LogP contribution in [0.2, 0.25) is 0 Å². The van der Waals surface area contributed by atoms with Crippen molar-refractivity contribution in [3.05, 3.63) is 53.1 Å². The van der Waals surface area contributed by atoms with Crippen molar-refractivity contribution < 1.29 is 47.7 Å². The predicted octanol–water partition coefficient (Wildman–Crippen LogP) is 6.55. The Balaban J connectivity index is 1.61. The first-order chi connectivity index (χ1) is 21.1. The summed E-state index contributed by atoms with van der Waals surface area (Å²) in [7, 11) is 11.0. The first-order valence-corrected chi connectivity index (χ1v) is 14.5. The normalized spacial score (nSPS) is 20.0. The molecule has 0 saturated carbocycles. The molecule has 1 aliphatic rings. The van der Waals surface area contributed by atoms with E-state index in [-0.39, 0.29) is 35.9 Å². The zero-order valence-corrected chi connectivity index (χ0v) is 27.2. The zero-order chi connectivity index (χ0) is 32.1.